The van der Waals surface area contributed by atoms with Crippen molar-refractivity contribution in [2.24, 2.45) is 13.0 Å². The average molecular weight is 368 g/mol. The van der Waals surface area contributed by atoms with Crippen molar-refractivity contribution in [2.75, 3.05) is 45.9 Å². The molecular formula is C13H19F3N4O3S. The zero-order valence-corrected chi connectivity index (χ0v) is 14.0. The summed E-state index contributed by atoms with van der Waals surface area (Å²) in [7, 11) is -2.79. The van der Waals surface area contributed by atoms with Crippen LogP contribution < -0.4 is 0 Å². The molecule has 24 heavy (non-hydrogen) atoms. The largest absolute Gasteiger partial charge is 0.435 e. The summed E-state index contributed by atoms with van der Waals surface area (Å²) in [6.07, 6.45) is -4.67. The summed E-state index contributed by atoms with van der Waals surface area (Å²) in [5.41, 5.74) is -1.20. The van der Waals surface area contributed by atoms with Gasteiger partial charge in [0.2, 0.25) is 0 Å². The quantitative estimate of drug-likeness (QED) is 0.769. The molecule has 0 saturated carbocycles. The van der Waals surface area contributed by atoms with Crippen LogP contribution in [0.4, 0.5) is 13.2 Å². The third kappa shape index (κ3) is 3.44. The van der Waals surface area contributed by atoms with E-state index in [1.165, 1.54) is 11.4 Å². The first-order valence-corrected chi connectivity index (χ1v) is 9.03. The van der Waals surface area contributed by atoms with Crippen LogP contribution in [0.25, 0.3) is 0 Å². The van der Waals surface area contributed by atoms with Gasteiger partial charge in [0.1, 0.15) is 0 Å². The maximum atomic E-state index is 12.7. The lowest BCUT2D eigenvalue weighted by Gasteiger charge is -2.37. The van der Waals surface area contributed by atoms with Gasteiger partial charge in [0.15, 0.2) is 10.7 Å². The molecule has 11 heteroatoms. The smallest absolute Gasteiger partial charge is 0.381 e. The maximum absolute atomic E-state index is 12.7. The molecule has 2 fully saturated rings. The summed E-state index contributed by atoms with van der Waals surface area (Å²) in [4.78, 5) is 2.16. The second-order valence-electron chi connectivity index (χ2n) is 6.10. The normalized spacial score (nSPS) is 21.8. The fourth-order valence-electron chi connectivity index (χ4n) is 2.87. The first-order chi connectivity index (χ1) is 11.2. The van der Waals surface area contributed by atoms with Crippen molar-refractivity contribution in [1.29, 1.82) is 0 Å². The fraction of sp³-hybridized carbons (Fsp3) is 0.769. The molecule has 1 aromatic heterocycles. The van der Waals surface area contributed by atoms with Gasteiger partial charge in [0.05, 0.1) is 13.2 Å². The van der Waals surface area contributed by atoms with Gasteiger partial charge in [-0.3, -0.25) is 4.68 Å². The zero-order chi connectivity index (χ0) is 17.5. The van der Waals surface area contributed by atoms with Gasteiger partial charge in [-0.2, -0.15) is 22.6 Å². The molecule has 0 atom stereocenters. The van der Waals surface area contributed by atoms with Crippen molar-refractivity contribution >= 4 is 10.0 Å². The Morgan fingerprint density at radius 1 is 1.25 bits per heavy atom. The van der Waals surface area contributed by atoms with Crippen LogP contribution in [0.1, 0.15) is 5.69 Å². The van der Waals surface area contributed by atoms with Crippen molar-refractivity contribution in [3.8, 4) is 0 Å². The molecule has 2 aliphatic heterocycles. The summed E-state index contributed by atoms with van der Waals surface area (Å²) in [6.45, 7) is 3.93. The van der Waals surface area contributed by atoms with Crippen LogP contribution in [-0.4, -0.2) is 73.3 Å². The first kappa shape index (κ1) is 17.6. The number of halogens is 3. The van der Waals surface area contributed by atoms with Gasteiger partial charge < -0.3 is 9.64 Å². The molecule has 0 bridgehead atoms. The Kier molecular flexibility index (Phi) is 4.62. The van der Waals surface area contributed by atoms with E-state index in [0.29, 0.717) is 25.1 Å². The Morgan fingerprint density at radius 2 is 1.88 bits per heavy atom. The highest BCUT2D eigenvalue weighted by atomic mass is 32.2. The number of hydrogen-bond donors (Lipinski definition) is 0. The molecule has 0 unspecified atom stereocenters. The summed E-state index contributed by atoms with van der Waals surface area (Å²) >= 11 is 0. The van der Waals surface area contributed by atoms with Crippen molar-refractivity contribution < 1.29 is 26.3 Å². The van der Waals surface area contributed by atoms with E-state index in [9.17, 15) is 21.6 Å². The number of hydrogen-bond acceptors (Lipinski definition) is 5. The number of aryl methyl sites for hydroxylation is 1. The van der Waals surface area contributed by atoms with Crippen LogP contribution in [-0.2, 0) is 28.0 Å². The first-order valence-electron chi connectivity index (χ1n) is 7.59. The van der Waals surface area contributed by atoms with Crippen LogP contribution in [0.15, 0.2) is 11.1 Å². The third-order valence-electron chi connectivity index (χ3n) is 4.29. The number of rotatable bonds is 4. The lowest BCUT2D eigenvalue weighted by molar-refractivity contribution is -0.141. The van der Waals surface area contributed by atoms with Crippen molar-refractivity contribution in [3.05, 3.63) is 11.8 Å². The summed E-state index contributed by atoms with van der Waals surface area (Å²) in [6, 6.07) is 0.591. The second kappa shape index (κ2) is 6.28. The van der Waals surface area contributed by atoms with Crippen molar-refractivity contribution in [3.63, 3.8) is 0 Å². The van der Waals surface area contributed by atoms with E-state index in [-0.39, 0.29) is 13.1 Å². The van der Waals surface area contributed by atoms with E-state index in [2.05, 4.69) is 10.00 Å². The Bertz CT molecular complexity index is 692. The number of alkyl halides is 3. The minimum absolute atomic E-state index is 0.252. The Labute approximate surface area is 138 Å². The molecule has 3 rings (SSSR count). The highest BCUT2D eigenvalue weighted by Crippen LogP contribution is 2.30. The van der Waals surface area contributed by atoms with E-state index in [4.69, 9.17) is 4.74 Å². The van der Waals surface area contributed by atoms with E-state index >= 15 is 0 Å². The Balaban J connectivity index is 1.69. The highest BCUT2D eigenvalue weighted by Gasteiger charge is 2.38. The minimum atomic E-state index is -4.67. The van der Waals surface area contributed by atoms with E-state index in [0.717, 1.165) is 24.4 Å². The minimum Gasteiger partial charge on any atom is -0.381 e. The van der Waals surface area contributed by atoms with Crippen molar-refractivity contribution in [2.45, 2.75) is 11.2 Å². The predicted molar refractivity (Wildman–Crippen MR) is 77.7 cm³/mol. The van der Waals surface area contributed by atoms with Gasteiger partial charge in [0, 0.05) is 51.8 Å². The number of nitrogens with zero attached hydrogens (tertiary/aromatic N) is 4. The van der Waals surface area contributed by atoms with Gasteiger partial charge in [-0.05, 0) is 0 Å². The van der Waals surface area contributed by atoms with E-state index in [1.807, 2.05) is 0 Å². The molecule has 3 heterocycles. The lowest BCUT2D eigenvalue weighted by atomic mass is 10.1. The van der Waals surface area contributed by atoms with E-state index < -0.39 is 26.9 Å². The van der Waals surface area contributed by atoms with Crippen LogP contribution in [0.3, 0.4) is 0 Å². The van der Waals surface area contributed by atoms with Crippen LogP contribution in [0, 0.1) is 5.92 Å². The van der Waals surface area contributed by atoms with Crippen LogP contribution in [0.2, 0.25) is 0 Å². The molecule has 2 saturated heterocycles. The van der Waals surface area contributed by atoms with Gasteiger partial charge in [-0.25, -0.2) is 8.42 Å². The molecule has 1 aromatic rings. The standard InChI is InChI=1S/C13H19F3N4O3S/c1-18-12(6-11(17-18)13(14,15)16)24(21,22)20-4-2-19(3-5-20)7-10-8-23-9-10/h6,10H,2-5,7-9H2,1H3. The maximum Gasteiger partial charge on any atom is 0.435 e. The SMILES string of the molecule is Cn1nc(C(F)(F)F)cc1S(=O)(=O)N1CCN(CC2COC2)CC1. The molecule has 7 nitrogen and oxygen atoms in total. The monoisotopic (exact) mass is 368 g/mol. The highest BCUT2D eigenvalue weighted by molar-refractivity contribution is 7.89. The van der Waals surface area contributed by atoms with Gasteiger partial charge in [-0.1, -0.05) is 0 Å². The van der Waals surface area contributed by atoms with Crippen LogP contribution in [0.5, 0.6) is 0 Å². The predicted octanol–water partition coefficient (Wildman–Crippen LogP) is 0.392. The summed E-state index contributed by atoms with van der Waals surface area (Å²) in [5.74, 6) is 0.486. The molecule has 0 N–H and O–H groups in total. The Hall–Kier alpha value is -1.17. The summed E-state index contributed by atoms with van der Waals surface area (Å²) < 4.78 is 70.5. The second-order valence-corrected chi connectivity index (χ2v) is 7.98. The van der Waals surface area contributed by atoms with Gasteiger partial charge in [-0.15, -0.1) is 0 Å². The third-order valence-corrected chi connectivity index (χ3v) is 6.24. The molecule has 0 spiro atoms. The molecule has 136 valence electrons. The topological polar surface area (TPSA) is 67.7 Å². The Morgan fingerprint density at radius 3 is 2.33 bits per heavy atom. The van der Waals surface area contributed by atoms with Gasteiger partial charge in [0.25, 0.3) is 10.0 Å². The molecule has 0 aromatic carbocycles. The molecular weight excluding hydrogens is 349 g/mol. The lowest BCUT2D eigenvalue weighted by Crippen LogP contribution is -2.51. The molecule has 0 aliphatic carbocycles. The van der Waals surface area contributed by atoms with Gasteiger partial charge >= 0.3 is 6.18 Å². The fourth-order valence-corrected chi connectivity index (χ4v) is 4.41. The van der Waals surface area contributed by atoms with Crippen LogP contribution >= 0.6 is 0 Å². The number of sulfonamides is 1. The number of ether oxygens (including phenoxy) is 1. The zero-order valence-electron chi connectivity index (χ0n) is 13.2. The molecule has 0 radical (unpaired) electrons. The van der Waals surface area contributed by atoms with Crippen molar-refractivity contribution in [1.82, 2.24) is 19.0 Å². The summed E-state index contributed by atoms with van der Waals surface area (Å²) in [5, 5.41) is 2.84. The molecule has 2 aliphatic rings. The average Bonchev–Trinajstić information content (AvgIpc) is 2.86. The van der Waals surface area contributed by atoms with E-state index in [1.54, 1.807) is 0 Å². The molecule has 0 amide bonds. The number of aromatic nitrogens is 2. The number of piperazine rings is 1.